The number of hydrogen-bond acceptors (Lipinski definition) is 5. The smallest absolute Gasteiger partial charge is 0.227 e. The lowest BCUT2D eigenvalue weighted by Crippen LogP contribution is -2.37. The minimum atomic E-state index is -3.57. The first kappa shape index (κ1) is 59.0. The molecular formula is C130H133N5O4+4. The van der Waals surface area contributed by atoms with Crippen LogP contribution in [0.15, 0.2) is 273 Å². The fourth-order valence-corrected chi connectivity index (χ4v) is 22.7. The van der Waals surface area contributed by atoms with E-state index in [1.54, 1.807) is 75.5 Å². The Labute approximate surface area is 870 Å². The highest BCUT2D eigenvalue weighted by molar-refractivity contribution is 6.19. The van der Waals surface area contributed by atoms with Crippen LogP contribution in [0.25, 0.3) is 177 Å². The first-order valence-electron chi connectivity index (χ1n) is 64.9. The lowest BCUT2D eigenvalue weighted by molar-refractivity contribution is -0.660. The lowest BCUT2D eigenvalue weighted by Gasteiger charge is -2.40. The third-order valence-electron chi connectivity index (χ3n) is 30.0. The van der Waals surface area contributed by atoms with Crippen LogP contribution in [0.5, 0.6) is 0 Å². The summed E-state index contributed by atoms with van der Waals surface area (Å²) in [5.41, 5.74) is 17.9. The third kappa shape index (κ3) is 13.8. The number of benzene rings is 11. The summed E-state index contributed by atoms with van der Waals surface area (Å²) in [5, 5.41) is 6.36. The summed E-state index contributed by atoms with van der Waals surface area (Å²) >= 11 is 0. The maximum atomic E-state index is 9.61. The summed E-state index contributed by atoms with van der Waals surface area (Å²) in [7, 11) is 7.41. The van der Waals surface area contributed by atoms with E-state index < -0.39 is 131 Å². The zero-order valence-corrected chi connectivity index (χ0v) is 81.0. The largest absolute Gasteiger partial charge is 0.454 e. The minimum absolute atomic E-state index is 0.0398. The quantitative estimate of drug-likeness (QED) is 0.114. The van der Waals surface area contributed by atoms with Gasteiger partial charge in [-0.1, -0.05) is 306 Å². The van der Waals surface area contributed by atoms with Crippen LogP contribution in [0.1, 0.15) is 304 Å². The number of rotatable bonds is 12. The Bertz CT molecular complexity index is 10100. The van der Waals surface area contributed by atoms with Crippen LogP contribution in [0, 0.1) is 46.3 Å². The van der Waals surface area contributed by atoms with Crippen molar-refractivity contribution in [2.75, 3.05) is 0 Å². The van der Waals surface area contributed by atoms with Crippen molar-refractivity contribution in [2.45, 2.75) is 217 Å². The van der Waals surface area contributed by atoms with E-state index in [0.29, 0.717) is 89.1 Å². The standard InChI is InChI=1S/C35H38NO.C33H34NO.C31H31N2O.C31H30NO/c1-20(2)24-17-18-36(8)30(19-24)31-23(7)13-14-25-26-15-16-29-32(34(26)37-33(25)31)27-11-9-10-12-28(27)35(29,21(3)4)22(5)6;1-7-33(8-2)26-12-10-9-11-25(26)30-27(33)16-15-24-23-14-13-21(5)29(31(23)35-32(24)30)28-19-22(20(3)4)17-18-34(28)6;1-17(2)22-14-25(33(7)16-19(22)4)26-18(3)12-13-21-27-28-23(15-32-30(27)34-29(21)26)20-10-8-9-11-24(20)31(28,5)6;1-18(2)20-15-16-32(6)26(17-20)27-19(3)11-12-21-22-13-14-25-28(30(22)33-29(21)27)23-9-7-8-10-24(23)31(25,4)5/h9-22H,1-8H3;9-20H,7-8H2,1-6H3;8-17H,1-7H3;7-18H,1-6H3/q4*+1/i3D3,4D3,5D3,20D,21D,22D;1D3,2D3,20D;1D3,2D3,4D3,17D;4D3,5D3,18D. The van der Waals surface area contributed by atoms with Gasteiger partial charge in [-0.3, -0.25) is 0 Å². The lowest BCUT2D eigenvalue weighted by atomic mass is 9.63. The average Bonchev–Trinajstić information content (AvgIpc) is 0.816. The molecule has 9 heteroatoms. The van der Waals surface area contributed by atoms with Crippen molar-refractivity contribution in [3.05, 3.63) is 350 Å². The predicted octanol–water partition coefficient (Wildman–Crippen LogP) is 33.0. The molecule has 0 amide bonds. The Morgan fingerprint density at radius 1 is 0.338 bits per heavy atom. The van der Waals surface area contributed by atoms with Crippen LogP contribution in [0.3, 0.4) is 0 Å². The van der Waals surface area contributed by atoms with Crippen LogP contribution >= 0.6 is 0 Å². The molecule has 0 bridgehead atoms. The number of aromatic nitrogens is 5. The normalized spacial score (nSPS) is 20.5. The van der Waals surface area contributed by atoms with Crippen LogP contribution < -0.4 is 18.3 Å². The molecule has 0 aliphatic heterocycles. The van der Waals surface area contributed by atoms with Crippen LogP contribution in [-0.4, -0.2) is 4.98 Å². The van der Waals surface area contributed by atoms with Gasteiger partial charge in [-0.15, -0.1) is 0 Å². The van der Waals surface area contributed by atoms with E-state index in [1.807, 2.05) is 242 Å². The second kappa shape index (κ2) is 33.9. The molecule has 2 unspecified atom stereocenters. The SMILES string of the molecule is [2H]C(C)(C)c1cc[n+](C)c(-c2c(C)ccc3c2oc2c4c(ccc23)C(C([2H])(C)C([2H])([2H])[2H])(C([2H])(C([2H])([2H])[2H])C([2H])([2H])[2H])c2ccccc2-4)c1.[2H]C(C)(C)c1cc[n+](C)c(-c2c(C)ccc3c2oc2c4c(ccc23)C(C([2H])([2H])[2H])(C([2H])([2H])[2H])c2ccccc2-4)c1.[2H]C([2H])([2H])CC1(CC([2H])([2H])[2H])c2ccccc2-c2c1ccc1c2oc2c(-c3cc(C([2H])(C)C)cc[n+]3C)c(C)ccc21.[2H]C([2H])([2H])c1c[n+](C)c(-c2c(C)ccc3c2oc2ncc4c(c23)C(C)(C)c2ccccc2-4)cc1C([2H])(C([2H])([2H])[2H])C([2H])([2H])[2H]. The molecule has 0 N–H and O–H groups in total. The van der Waals surface area contributed by atoms with Crippen molar-refractivity contribution in [3.63, 3.8) is 0 Å². The maximum absolute atomic E-state index is 9.61. The van der Waals surface area contributed by atoms with Gasteiger partial charge in [-0.25, -0.2) is 23.3 Å². The van der Waals surface area contributed by atoms with E-state index >= 15 is 0 Å². The minimum Gasteiger partial charge on any atom is -0.454 e. The van der Waals surface area contributed by atoms with E-state index in [0.717, 1.165) is 140 Å². The van der Waals surface area contributed by atoms with E-state index in [-0.39, 0.29) is 51.7 Å². The van der Waals surface area contributed by atoms with Gasteiger partial charge in [-0.05, 0) is 194 Å². The topological polar surface area (TPSA) is 81.0 Å². The first-order chi connectivity index (χ1) is 80.6. The van der Waals surface area contributed by atoms with Crippen LogP contribution in [0.4, 0.5) is 0 Å². The number of aryl methyl sites for hydroxylation is 9. The number of nitrogens with zero attached hydrogens (tertiary/aromatic N) is 5. The molecule has 0 saturated carbocycles. The molecule has 0 saturated heterocycles. The fourth-order valence-electron chi connectivity index (χ4n) is 22.7. The molecule has 698 valence electrons. The molecule has 0 fully saturated rings. The van der Waals surface area contributed by atoms with Crippen molar-refractivity contribution >= 4 is 87.9 Å². The van der Waals surface area contributed by atoms with Gasteiger partial charge in [0.15, 0.2) is 30.4 Å². The summed E-state index contributed by atoms with van der Waals surface area (Å²) in [6.07, 6.45) is 8.23. The number of hydrogen-bond donors (Lipinski definition) is 0. The molecule has 0 radical (unpaired) electrons. The van der Waals surface area contributed by atoms with Gasteiger partial charge in [-0.2, -0.15) is 0 Å². The molecule has 139 heavy (non-hydrogen) atoms. The summed E-state index contributed by atoms with van der Waals surface area (Å²) in [4.78, 5) is 4.68. The molecule has 11 aromatic carbocycles. The zero-order valence-electron chi connectivity index (χ0n) is 117. The van der Waals surface area contributed by atoms with Gasteiger partial charge in [0.05, 0.1) is 27.6 Å². The predicted molar refractivity (Wildman–Crippen MR) is 577 cm³/mol. The molecule has 0 spiro atoms. The van der Waals surface area contributed by atoms with Crippen LogP contribution in [-0.2, 0) is 49.9 Å². The van der Waals surface area contributed by atoms with E-state index in [1.165, 1.54) is 40.6 Å². The first-order valence-corrected chi connectivity index (χ1v) is 46.9. The van der Waals surface area contributed by atoms with Crippen LogP contribution in [0.2, 0.25) is 0 Å². The number of pyridine rings is 5. The molecule has 9 aromatic heterocycles. The molecular weight excluding hydrogens is 1700 g/mol. The highest BCUT2D eigenvalue weighted by Crippen LogP contribution is 2.62. The summed E-state index contributed by atoms with van der Waals surface area (Å²) in [6, 6.07) is 68.1. The Morgan fingerprint density at radius 3 is 1.17 bits per heavy atom. The van der Waals surface area contributed by atoms with Crippen molar-refractivity contribution < 1.29 is 85.3 Å². The molecule has 4 aliphatic rings. The second-order valence-corrected chi connectivity index (χ2v) is 39.2. The number of fused-ring (bicyclic) bond motifs is 28. The van der Waals surface area contributed by atoms with Gasteiger partial charge in [0.2, 0.25) is 28.5 Å². The van der Waals surface area contributed by atoms with E-state index in [2.05, 4.69) is 37.0 Å². The third-order valence-corrected chi connectivity index (χ3v) is 30.0. The van der Waals surface area contributed by atoms with Crippen molar-refractivity contribution in [1.29, 1.82) is 0 Å². The molecule has 9 heterocycles. The highest BCUT2D eigenvalue weighted by Gasteiger charge is 2.50. The molecule has 24 rings (SSSR count). The number of furan rings is 4. The molecule has 2 atom stereocenters. The Morgan fingerprint density at radius 2 is 0.719 bits per heavy atom. The van der Waals surface area contributed by atoms with Gasteiger partial charge in [0.1, 0.15) is 61.7 Å². The van der Waals surface area contributed by atoms with Gasteiger partial charge in [0, 0.05) is 185 Å². The Kier molecular flexibility index (Phi) is 14.4. The van der Waals surface area contributed by atoms with Gasteiger partial charge in [0.25, 0.3) is 0 Å². The second-order valence-electron chi connectivity index (χ2n) is 39.2. The summed E-state index contributed by atoms with van der Waals surface area (Å²) < 4.78 is 338. The van der Waals surface area contributed by atoms with Gasteiger partial charge >= 0.3 is 0 Å². The zero-order chi connectivity index (χ0) is 128. The highest BCUT2D eigenvalue weighted by atomic mass is 16.3. The molecule has 9 nitrogen and oxygen atoms in total. The van der Waals surface area contributed by atoms with Gasteiger partial charge < -0.3 is 17.7 Å². The Hall–Kier alpha value is -13.6. The van der Waals surface area contributed by atoms with Crippen molar-refractivity contribution in [2.24, 2.45) is 40.0 Å². The van der Waals surface area contributed by atoms with E-state index in [9.17, 15) is 2.74 Å². The Balaban J connectivity index is 0.000000132. The van der Waals surface area contributed by atoms with E-state index in [4.69, 9.17) is 64.3 Å². The fraction of sp³-hybridized carbons (Fsp3) is 0.300. The molecule has 20 aromatic rings. The average molecular weight is 1870 g/mol. The summed E-state index contributed by atoms with van der Waals surface area (Å²) in [5.74, 6) is -12.0. The monoisotopic (exact) mass is 1860 g/mol. The van der Waals surface area contributed by atoms with Crippen molar-refractivity contribution in [3.8, 4) is 89.5 Å². The maximum Gasteiger partial charge on any atom is 0.227 e. The molecule has 4 aliphatic carbocycles. The summed E-state index contributed by atoms with van der Waals surface area (Å²) in [6.45, 7) is -6.19. The van der Waals surface area contributed by atoms with Crippen molar-refractivity contribution in [1.82, 2.24) is 4.98 Å².